The maximum atomic E-state index is 13.3. The minimum absolute atomic E-state index is 0.0307. The van der Waals surface area contributed by atoms with Crippen molar-refractivity contribution in [3.63, 3.8) is 0 Å². The molecule has 2 aromatic rings. The average molecular weight is 513 g/mol. The van der Waals surface area contributed by atoms with Crippen LogP contribution in [0.15, 0.2) is 36.4 Å². The van der Waals surface area contributed by atoms with Crippen molar-refractivity contribution >= 4 is 23.2 Å². The molecule has 0 atom stereocenters. The van der Waals surface area contributed by atoms with Gasteiger partial charge in [-0.15, -0.1) is 0 Å². The van der Waals surface area contributed by atoms with Gasteiger partial charge in [-0.2, -0.15) is 26.3 Å². The molecule has 11 heteroatoms. The first-order valence-corrected chi connectivity index (χ1v) is 11.7. The van der Waals surface area contributed by atoms with Crippen LogP contribution in [0.2, 0.25) is 0 Å². The van der Waals surface area contributed by atoms with E-state index in [9.17, 15) is 35.9 Å². The maximum Gasteiger partial charge on any atom is 0.416 e. The summed E-state index contributed by atoms with van der Waals surface area (Å²) < 4.78 is 79.1. The van der Waals surface area contributed by atoms with Crippen LogP contribution in [0.25, 0.3) is 0 Å². The number of alkyl halides is 6. The molecule has 2 fully saturated rings. The largest absolute Gasteiger partial charge is 0.416 e. The molecule has 0 bridgehead atoms. The van der Waals surface area contributed by atoms with E-state index in [0.717, 1.165) is 45.2 Å². The van der Waals surface area contributed by atoms with Crippen LogP contribution in [0.5, 0.6) is 0 Å². The molecule has 0 aromatic heterocycles. The van der Waals surface area contributed by atoms with Crippen molar-refractivity contribution in [1.82, 2.24) is 4.90 Å². The van der Waals surface area contributed by atoms with Gasteiger partial charge >= 0.3 is 12.4 Å². The number of carbonyl (C=O) groups excluding carboxylic acids is 2. The van der Waals surface area contributed by atoms with E-state index in [1.807, 2.05) is 0 Å². The summed E-state index contributed by atoms with van der Waals surface area (Å²) in [4.78, 5) is 29.8. The topological polar surface area (TPSA) is 52.7 Å². The lowest BCUT2D eigenvalue weighted by Crippen LogP contribution is -2.34. The zero-order chi connectivity index (χ0) is 26.1. The standard InChI is InChI=1S/C25H25F6N3O2/c26-24(27,28)17-12-16(13-18(14-17)25(29,30)31)22(35)32-19-6-7-21(33-8-2-1-3-9-33)20(15-19)23(36)34-10-4-5-11-34/h6-7,12-15H,1-5,8-11H2,(H,32,35). The predicted octanol–water partition coefficient (Wildman–Crippen LogP) is 6.20. The van der Waals surface area contributed by atoms with Crippen molar-refractivity contribution in [2.45, 2.75) is 44.5 Å². The summed E-state index contributed by atoms with van der Waals surface area (Å²) in [5, 5.41) is 2.37. The van der Waals surface area contributed by atoms with Crippen molar-refractivity contribution in [3.05, 3.63) is 58.7 Å². The van der Waals surface area contributed by atoms with Crippen LogP contribution in [0.3, 0.4) is 0 Å². The first kappa shape index (κ1) is 25.8. The molecule has 2 amide bonds. The zero-order valence-corrected chi connectivity index (χ0v) is 19.3. The highest BCUT2D eigenvalue weighted by Crippen LogP contribution is 2.37. The predicted molar refractivity (Wildman–Crippen MR) is 122 cm³/mol. The number of hydrogen-bond donors (Lipinski definition) is 1. The van der Waals surface area contributed by atoms with Crippen LogP contribution in [0.1, 0.15) is 63.9 Å². The molecule has 0 aliphatic carbocycles. The fourth-order valence-corrected chi connectivity index (χ4v) is 4.58. The summed E-state index contributed by atoms with van der Waals surface area (Å²) in [6, 6.07) is 5.34. The molecule has 0 saturated carbocycles. The number of piperidine rings is 1. The number of nitrogens with zero attached hydrogens (tertiary/aromatic N) is 2. The molecule has 0 spiro atoms. The van der Waals surface area contributed by atoms with Crippen molar-refractivity contribution in [2.24, 2.45) is 0 Å². The Morgan fingerprint density at radius 3 is 1.83 bits per heavy atom. The Labute approximate surface area is 204 Å². The van der Waals surface area contributed by atoms with E-state index in [-0.39, 0.29) is 17.7 Å². The second kappa shape index (κ2) is 10.0. The first-order chi connectivity index (χ1) is 16.9. The van der Waals surface area contributed by atoms with Gasteiger partial charge in [-0.3, -0.25) is 9.59 Å². The molecule has 1 N–H and O–H groups in total. The number of amides is 2. The van der Waals surface area contributed by atoms with Gasteiger partial charge in [0, 0.05) is 43.1 Å². The van der Waals surface area contributed by atoms with Crippen LogP contribution < -0.4 is 10.2 Å². The molecule has 5 nitrogen and oxygen atoms in total. The molecule has 2 aromatic carbocycles. The van der Waals surface area contributed by atoms with Gasteiger partial charge in [-0.05, 0) is 68.5 Å². The second-order valence-corrected chi connectivity index (χ2v) is 9.03. The SMILES string of the molecule is O=C(Nc1ccc(N2CCCCC2)c(C(=O)N2CCCC2)c1)c1cc(C(F)(F)F)cc(C(F)(F)F)c1. The number of rotatable bonds is 4. The fourth-order valence-electron chi connectivity index (χ4n) is 4.58. The molecular weight excluding hydrogens is 488 g/mol. The molecule has 194 valence electrons. The summed E-state index contributed by atoms with van der Waals surface area (Å²) >= 11 is 0. The zero-order valence-electron chi connectivity index (χ0n) is 19.3. The molecule has 2 heterocycles. The normalized spacial score (nSPS) is 16.8. The number of carbonyl (C=O) groups is 2. The smallest absolute Gasteiger partial charge is 0.371 e. The highest BCUT2D eigenvalue weighted by molar-refractivity contribution is 6.06. The number of benzene rings is 2. The highest BCUT2D eigenvalue weighted by Gasteiger charge is 2.37. The third-order valence-corrected chi connectivity index (χ3v) is 6.42. The van der Waals surface area contributed by atoms with Gasteiger partial charge in [0.25, 0.3) is 11.8 Å². The first-order valence-electron chi connectivity index (χ1n) is 11.7. The van der Waals surface area contributed by atoms with E-state index in [2.05, 4.69) is 10.2 Å². The van der Waals surface area contributed by atoms with Gasteiger partial charge in [0.2, 0.25) is 0 Å². The molecule has 4 rings (SSSR count). The number of halogens is 6. The summed E-state index contributed by atoms with van der Waals surface area (Å²) in [7, 11) is 0. The van der Waals surface area contributed by atoms with E-state index in [0.29, 0.717) is 36.5 Å². The Kier molecular flexibility index (Phi) is 7.19. The van der Waals surface area contributed by atoms with E-state index >= 15 is 0 Å². The molecule has 36 heavy (non-hydrogen) atoms. The number of nitrogens with one attached hydrogen (secondary N) is 1. The van der Waals surface area contributed by atoms with E-state index in [1.165, 1.54) is 12.1 Å². The van der Waals surface area contributed by atoms with Crippen LogP contribution >= 0.6 is 0 Å². The minimum Gasteiger partial charge on any atom is -0.371 e. The Hall–Kier alpha value is -3.24. The lowest BCUT2D eigenvalue weighted by molar-refractivity contribution is -0.143. The summed E-state index contributed by atoms with van der Waals surface area (Å²) in [6.45, 7) is 2.71. The number of likely N-dealkylation sites (tertiary alicyclic amines) is 1. The summed E-state index contributed by atoms with van der Waals surface area (Å²) in [5.74, 6) is -1.36. The third-order valence-electron chi connectivity index (χ3n) is 6.42. The van der Waals surface area contributed by atoms with E-state index in [1.54, 1.807) is 11.0 Å². The maximum absolute atomic E-state index is 13.3. The van der Waals surface area contributed by atoms with Crippen molar-refractivity contribution in [2.75, 3.05) is 36.4 Å². The minimum atomic E-state index is -5.07. The fraction of sp³-hybridized carbons (Fsp3) is 0.440. The monoisotopic (exact) mass is 513 g/mol. The van der Waals surface area contributed by atoms with E-state index < -0.39 is 35.0 Å². The lowest BCUT2D eigenvalue weighted by Gasteiger charge is -2.31. The number of hydrogen-bond acceptors (Lipinski definition) is 3. The van der Waals surface area contributed by atoms with Gasteiger partial charge in [0.05, 0.1) is 16.7 Å². The molecule has 2 aliphatic rings. The molecule has 0 radical (unpaired) electrons. The average Bonchev–Trinajstić information content (AvgIpc) is 3.38. The third kappa shape index (κ3) is 5.76. The quantitative estimate of drug-likeness (QED) is 0.495. The second-order valence-electron chi connectivity index (χ2n) is 9.03. The Morgan fingerprint density at radius 2 is 1.28 bits per heavy atom. The van der Waals surface area contributed by atoms with Crippen molar-refractivity contribution in [1.29, 1.82) is 0 Å². The summed E-state index contributed by atoms with van der Waals surface area (Å²) in [6.07, 6.45) is -5.38. The van der Waals surface area contributed by atoms with Crippen LogP contribution in [0.4, 0.5) is 37.7 Å². The summed E-state index contributed by atoms with van der Waals surface area (Å²) in [5.41, 5.74) is -2.79. The van der Waals surface area contributed by atoms with E-state index in [4.69, 9.17) is 0 Å². The molecule has 2 aliphatic heterocycles. The van der Waals surface area contributed by atoms with Crippen LogP contribution in [0, 0.1) is 0 Å². The van der Waals surface area contributed by atoms with Gasteiger partial charge in [0.15, 0.2) is 0 Å². The Balaban J connectivity index is 1.66. The Bertz CT molecular complexity index is 1100. The highest BCUT2D eigenvalue weighted by atomic mass is 19.4. The number of anilines is 2. The molecule has 0 unspecified atom stereocenters. The van der Waals surface area contributed by atoms with Gasteiger partial charge in [-0.1, -0.05) is 0 Å². The van der Waals surface area contributed by atoms with Crippen LogP contribution in [-0.2, 0) is 12.4 Å². The van der Waals surface area contributed by atoms with Gasteiger partial charge in [-0.25, -0.2) is 0 Å². The van der Waals surface area contributed by atoms with Gasteiger partial charge < -0.3 is 15.1 Å². The van der Waals surface area contributed by atoms with Crippen molar-refractivity contribution in [3.8, 4) is 0 Å². The molecule has 2 saturated heterocycles. The molecular formula is C25H25F6N3O2. The van der Waals surface area contributed by atoms with Crippen LogP contribution in [-0.4, -0.2) is 42.9 Å². The van der Waals surface area contributed by atoms with Gasteiger partial charge in [0.1, 0.15) is 0 Å². The Morgan fingerprint density at radius 1 is 0.722 bits per heavy atom. The lowest BCUT2D eigenvalue weighted by atomic mass is 10.0. The van der Waals surface area contributed by atoms with Crippen molar-refractivity contribution < 1.29 is 35.9 Å².